The lowest BCUT2D eigenvalue weighted by atomic mass is 9.52. The Hall–Kier alpha value is -3.38. The molecular weight excluding hydrogens is 530 g/mol. The molecule has 2 aromatic rings. The van der Waals surface area contributed by atoms with Gasteiger partial charge >= 0.3 is 0 Å². The molecule has 5 rings (SSSR count). The number of carbonyl (C=O) groups excluding carboxylic acids is 4. The number of hydrogen-bond acceptors (Lipinski definition) is 10. The Morgan fingerprint density at radius 1 is 1.17 bits per heavy atom. The summed E-state index contributed by atoms with van der Waals surface area (Å²) in [5, 5.41) is 34.3. The van der Waals surface area contributed by atoms with Gasteiger partial charge in [0, 0.05) is 29.6 Å². The Kier molecular flexibility index (Phi) is 7.44. The minimum absolute atomic E-state index is 0.00131. The van der Waals surface area contributed by atoms with Gasteiger partial charge in [-0.15, -0.1) is 0 Å². The molecule has 41 heavy (non-hydrogen) atoms. The first kappa shape index (κ1) is 29.1. The number of aliphatic hydroxyl groups excluding tert-OH is 1. The van der Waals surface area contributed by atoms with Gasteiger partial charge in [-0.05, 0) is 69.2 Å². The zero-order chi connectivity index (χ0) is 30.0. The summed E-state index contributed by atoms with van der Waals surface area (Å²) >= 11 is 0. The number of furan rings is 1. The van der Waals surface area contributed by atoms with Gasteiger partial charge in [-0.3, -0.25) is 24.1 Å². The van der Waals surface area contributed by atoms with Crippen LogP contribution in [0.1, 0.15) is 41.8 Å². The summed E-state index contributed by atoms with van der Waals surface area (Å²) in [4.78, 5) is 57.7. The first-order valence-electron chi connectivity index (χ1n) is 14.0. The zero-order valence-electron chi connectivity index (χ0n) is 23.7. The minimum Gasteiger partial charge on any atom is -0.507 e. The van der Waals surface area contributed by atoms with E-state index in [1.807, 2.05) is 19.9 Å². The molecule has 1 aromatic carbocycles. The van der Waals surface area contributed by atoms with Crippen LogP contribution in [0.4, 0.5) is 0 Å². The fourth-order valence-corrected chi connectivity index (χ4v) is 7.43. The van der Waals surface area contributed by atoms with Gasteiger partial charge in [0.25, 0.3) is 0 Å². The quantitative estimate of drug-likeness (QED) is 0.350. The number of fused-ring (bicyclic) bond motifs is 3. The molecule has 7 atom stereocenters. The molecule has 11 nitrogen and oxygen atoms in total. The lowest BCUT2D eigenvalue weighted by Crippen LogP contribution is -2.75. The van der Waals surface area contributed by atoms with Crippen LogP contribution < -0.4 is 5.73 Å². The third kappa shape index (κ3) is 4.25. The second-order valence-electron chi connectivity index (χ2n) is 11.7. The van der Waals surface area contributed by atoms with Crippen LogP contribution in [-0.4, -0.2) is 93.3 Å². The van der Waals surface area contributed by atoms with E-state index in [2.05, 4.69) is 4.90 Å². The number of Topliss-reactive ketones (excluding diaryl/α,β-unsaturated/α-hetero) is 3. The standard InChI is InChI=1S/C30H37N3O8/c1-5-33(6-2)12-16-10-17(14-7-8-41-13-14)18-9-15-11-19-23(32(3)4)26(36)22(29(31)39)28(38)30(19,40)27(37)20(15)25(35)21(18)24(16)34/h7-8,10,13,15,19-20,22-23,26,34,36,40H,5-6,9,11-12H2,1-4H3,(H2,31,39)/t15-,19-,20?,22?,23-,26?,30-/m1/s1. The first-order valence-corrected chi connectivity index (χ1v) is 14.0. The maximum absolute atomic E-state index is 14.2. The van der Waals surface area contributed by atoms with Crippen molar-refractivity contribution in [2.24, 2.45) is 29.4 Å². The number of amides is 1. The largest absolute Gasteiger partial charge is 0.507 e. The Bertz CT molecular complexity index is 1400. The van der Waals surface area contributed by atoms with Crippen molar-refractivity contribution in [1.29, 1.82) is 0 Å². The molecule has 5 N–H and O–H groups in total. The number of aliphatic hydroxyl groups is 2. The number of rotatable bonds is 7. The van der Waals surface area contributed by atoms with Gasteiger partial charge in [-0.1, -0.05) is 13.8 Å². The number of benzene rings is 1. The summed E-state index contributed by atoms with van der Waals surface area (Å²) in [6.45, 7) is 5.76. The van der Waals surface area contributed by atoms with Crippen LogP contribution in [0.15, 0.2) is 29.1 Å². The molecule has 0 aliphatic heterocycles. The summed E-state index contributed by atoms with van der Waals surface area (Å²) in [5.74, 6) is -9.15. The van der Waals surface area contributed by atoms with Gasteiger partial charge in [0.15, 0.2) is 23.0 Å². The van der Waals surface area contributed by atoms with Crippen molar-refractivity contribution < 1.29 is 38.9 Å². The van der Waals surface area contributed by atoms with Crippen molar-refractivity contribution in [3.63, 3.8) is 0 Å². The Morgan fingerprint density at radius 2 is 1.85 bits per heavy atom. The molecule has 1 aromatic heterocycles. The van der Waals surface area contributed by atoms with E-state index in [9.17, 15) is 34.5 Å². The monoisotopic (exact) mass is 567 g/mol. The number of phenolic OH excluding ortho intramolecular Hbond substituents is 1. The van der Waals surface area contributed by atoms with Crippen molar-refractivity contribution in [2.45, 2.75) is 51.0 Å². The highest BCUT2D eigenvalue weighted by molar-refractivity contribution is 6.25. The van der Waals surface area contributed by atoms with E-state index in [4.69, 9.17) is 10.2 Å². The maximum Gasteiger partial charge on any atom is 0.230 e. The molecule has 0 saturated heterocycles. The molecular formula is C30H37N3O8. The summed E-state index contributed by atoms with van der Waals surface area (Å²) < 4.78 is 5.33. The number of ketones is 3. The highest BCUT2D eigenvalue weighted by atomic mass is 16.3. The number of nitrogens with zero attached hydrogens (tertiary/aromatic N) is 2. The molecule has 0 bridgehead atoms. The highest BCUT2D eigenvalue weighted by Crippen LogP contribution is 2.53. The highest BCUT2D eigenvalue weighted by Gasteiger charge is 2.69. The van der Waals surface area contributed by atoms with Gasteiger partial charge < -0.3 is 30.4 Å². The molecule has 1 amide bonds. The normalized spacial score (nSPS) is 31.3. The number of likely N-dealkylation sites (N-methyl/N-ethyl adjacent to an activating group) is 1. The van der Waals surface area contributed by atoms with Gasteiger partial charge in [-0.2, -0.15) is 0 Å². The number of hydrogen-bond donors (Lipinski definition) is 4. The summed E-state index contributed by atoms with van der Waals surface area (Å²) in [6.07, 6.45) is 1.80. The second-order valence-corrected chi connectivity index (χ2v) is 11.7. The van der Waals surface area contributed by atoms with Crippen LogP contribution >= 0.6 is 0 Å². The molecule has 3 aliphatic carbocycles. The average Bonchev–Trinajstić information content (AvgIpc) is 3.45. The van der Waals surface area contributed by atoms with Gasteiger partial charge in [0.1, 0.15) is 11.7 Å². The molecule has 2 saturated carbocycles. The van der Waals surface area contributed by atoms with Gasteiger partial charge in [-0.25, -0.2) is 0 Å². The Balaban J connectivity index is 1.67. The summed E-state index contributed by atoms with van der Waals surface area (Å²) in [5.41, 5.74) is 5.25. The average molecular weight is 568 g/mol. The van der Waals surface area contributed by atoms with Crippen LogP contribution in [0.25, 0.3) is 11.1 Å². The summed E-state index contributed by atoms with van der Waals surface area (Å²) in [7, 11) is 3.24. The first-order chi connectivity index (χ1) is 19.4. The fraction of sp³-hybridized carbons (Fsp3) is 0.533. The van der Waals surface area contributed by atoms with E-state index in [1.54, 1.807) is 31.3 Å². The van der Waals surface area contributed by atoms with Crippen molar-refractivity contribution in [2.75, 3.05) is 27.2 Å². The lowest BCUT2D eigenvalue weighted by molar-refractivity contribution is -0.190. The molecule has 11 heteroatoms. The van der Waals surface area contributed by atoms with Crippen molar-refractivity contribution in [3.05, 3.63) is 41.3 Å². The van der Waals surface area contributed by atoms with Crippen LogP contribution in [-0.2, 0) is 27.3 Å². The van der Waals surface area contributed by atoms with E-state index < -0.39 is 64.7 Å². The van der Waals surface area contributed by atoms with Crippen molar-refractivity contribution in [3.8, 4) is 16.9 Å². The lowest BCUT2D eigenvalue weighted by Gasteiger charge is -2.54. The van der Waals surface area contributed by atoms with E-state index in [0.717, 1.165) is 0 Å². The maximum atomic E-state index is 14.2. The van der Waals surface area contributed by atoms with Crippen molar-refractivity contribution in [1.82, 2.24) is 9.80 Å². The van der Waals surface area contributed by atoms with Crippen molar-refractivity contribution >= 4 is 23.3 Å². The molecule has 1 heterocycles. The minimum atomic E-state index is -2.69. The number of nitrogens with two attached hydrogens (primary N) is 1. The summed E-state index contributed by atoms with van der Waals surface area (Å²) in [6, 6.07) is 2.66. The fourth-order valence-electron chi connectivity index (χ4n) is 7.43. The van der Waals surface area contributed by atoms with Gasteiger partial charge in [0.05, 0.1) is 30.1 Å². The molecule has 3 unspecified atom stereocenters. The molecule has 3 aliphatic rings. The SMILES string of the molecule is CCN(CC)Cc1cc(-c2ccoc2)c2c(c1O)C(=O)C1C(=O)[C@@]3(O)C(=O)C(C(N)=O)C(O)[C@H](N(C)C)[C@H]3C[C@H]1C2. The molecule has 0 radical (unpaired) electrons. The van der Waals surface area contributed by atoms with Crippen LogP contribution in [0.2, 0.25) is 0 Å². The van der Waals surface area contributed by atoms with E-state index in [1.165, 1.54) is 6.26 Å². The molecule has 0 spiro atoms. The van der Waals surface area contributed by atoms with Crippen LogP contribution in [0.3, 0.4) is 0 Å². The molecule has 220 valence electrons. The molecule has 2 fully saturated rings. The number of primary amides is 1. The second kappa shape index (κ2) is 10.5. The van der Waals surface area contributed by atoms with Crippen LogP contribution in [0.5, 0.6) is 5.75 Å². The predicted octanol–water partition coefficient (Wildman–Crippen LogP) is 0.761. The zero-order valence-corrected chi connectivity index (χ0v) is 23.7. The van der Waals surface area contributed by atoms with Crippen LogP contribution in [0, 0.1) is 23.7 Å². The smallest absolute Gasteiger partial charge is 0.230 e. The van der Waals surface area contributed by atoms with E-state index >= 15 is 0 Å². The number of phenols is 1. The third-order valence-corrected chi connectivity index (χ3v) is 9.49. The number of aromatic hydroxyl groups is 1. The van der Waals surface area contributed by atoms with E-state index in [0.29, 0.717) is 41.9 Å². The van der Waals surface area contributed by atoms with Gasteiger partial charge in [0.2, 0.25) is 5.91 Å². The number of carbonyl (C=O) groups is 4. The third-order valence-electron chi connectivity index (χ3n) is 9.49. The predicted molar refractivity (Wildman–Crippen MR) is 147 cm³/mol. The van der Waals surface area contributed by atoms with E-state index in [-0.39, 0.29) is 24.2 Å². The Morgan fingerprint density at radius 3 is 2.41 bits per heavy atom. The topological polar surface area (TPSA) is 175 Å². The Labute approximate surface area is 237 Å².